The number of hydrogen-bond donors (Lipinski definition) is 2. The number of nitrogens with zero attached hydrogens (tertiary/aromatic N) is 2. The maximum atomic E-state index is 12.4. The molecule has 6 nitrogen and oxygen atoms in total. The van der Waals surface area contributed by atoms with E-state index >= 15 is 0 Å². The number of hydrogen-bond acceptors (Lipinski definition) is 4. The Labute approximate surface area is 164 Å². The van der Waals surface area contributed by atoms with Crippen molar-refractivity contribution in [2.45, 2.75) is 13.0 Å². The Balaban J connectivity index is 1.55. The number of pyridine rings is 1. The Morgan fingerprint density at radius 1 is 1.15 bits per heavy atom. The lowest BCUT2D eigenvalue weighted by molar-refractivity contribution is 0.0950. The van der Waals surface area contributed by atoms with Gasteiger partial charge in [-0.2, -0.15) is 0 Å². The molecule has 1 aliphatic rings. The molecule has 1 amide bonds. The molecule has 7 heteroatoms. The van der Waals surface area contributed by atoms with Crippen LogP contribution in [0, 0.1) is 0 Å². The van der Waals surface area contributed by atoms with Gasteiger partial charge in [-0.15, -0.1) is 0 Å². The predicted molar refractivity (Wildman–Crippen MR) is 108 cm³/mol. The molecule has 0 aliphatic carbocycles. The Kier molecular flexibility index (Phi) is 7.04. The second kappa shape index (κ2) is 9.69. The van der Waals surface area contributed by atoms with Crippen LogP contribution in [0.4, 0.5) is 0 Å². The van der Waals surface area contributed by atoms with E-state index < -0.39 is 0 Å². The number of benzene rings is 1. The molecule has 0 radical (unpaired) electrons. The quantitative estimate of drug-likeness (QED) is 0.707. The first kappa shape index (κ1) is 19.6. The van der Waals surface area contributed by atoms with E-state index in [-0.39, 0.29) is 11.5 Å². The van der Waals surface area contributed by atoms with Crippen LogP contribution in [0.3, 0.4) is 0 Å². The number of carbonyl (C=O) groups excluding carboxylic acids is 1. The maximum absolute atomic E-state index is 12.4. The van der Waals surface area contributed by atoms with Crippen LogP contribution in [0.5, 0.6) is 0 Å². The molecule has 27 heavy (non-hydrogen) atoms. The first-order valence-corrected chi connectivity index (χ1v) is 9.66. The number of rotatable bonds is 7. The minimum atomic E-state index is -0.164. The molecule has 1 fully saturated rings. The summed E-state index contributed by atoms with van der Waals surface area (Å²) in [4.78, 5) is 26.9. The highest BCUT2D eigenvalue weighted by molar-refractivity contribution is 6.31. The van der Waals surface area contributed by atoms with Crippen molar-refractivity contribution < 1.29 is 4.79 Å². The Morgan fingerprint density at radius 3 is 2.70 bits per heavy atom. The number of halogens is 1. The first-order valence-electron chi connectivity index (χ1n) is 9.28. The van der Waals surface area contributed by atoms with Gasteiger partial charge in [-0.05, 0) is 30.7 Å². The zero-order valence-electron chi connectivity index (χ0n) is 15.3. The van der Waals surface area contributed by atoms with Gasteiger partial charge >= 0.3 is 0 Å². The number of carbonyl (C=O) groups is 1. The van der Waals surface area contributed by atoms with Crippen LogP contribution in [0.25, 0.3) is 0 Å². The fraction of sp³-hybridized carbons (Fsp3) is 0.400. The van der Waals surface area contributed by atoms with Crippen molar-refractivity contribution in [3.05, 3.63) is 69.1 Å². The van der Waals surface area contributed by atoms with Gasteiger partial charge in [-0.1, -0.05) is 29.8 Å². The third-order valence-electron chi connectivity index (χ3n) is 4.69. The van der Waals surface area contributed by atoms with Crippen molar-refractivity contribution in [3.63, 3.8) is 0 Å². The van der Waals surface area contributed by atoms with Crippen molar-refractivity contribution in [1.82, 2.24) is 20.1 Å². The van der Waals surface area contributed by atoms with E-state index in [2.05, 4.69) is 15.5 Å². The largest absolute Gasteiger partial charge is 0.352 e. The number of amides is 1. The summed E-state index contributed by atoms with van der Waals surface area (Å²) in [6.45, 7) is 6.10. The average molecular weight is 389 g/mol. The zero-order chi connectivity index (χ0) is 19.1. The van der Waals surface area contributed by atoms with E-state index in [1.807, 2.05) is 18.2 Å². The summed E-state index contributed by atoms with van der Waals surface area (Å²) in [6, 6.07) is 10.4. The summed E-state index contributed by atoms with van der Waals surface area (Å²) < 4.78 is 1.51. The van der Waals surface area contributed by atoms with E-state index in [0.717, 1.165) is 44.7 Å². The highest BCUT2D eigenvalue weighted by Crippen LogP contribution is 2.15. The Bertz CT molecular complexity index is 831. The summed E-state index contributed by atoms with van der Waals surface area (Å²) >= 11 is 6.17. The van der Waals surface area contributed by atoms with Gasteiger partial charge in [0.2, 0.25) is 0 Å². The molecule has 0 atom stereocenters. The van der Waals surface area contributed by atoms with Crippen LogP contribution >= 0.6 is 11.6 Å². The summed E-state index contributed by atoms with van der Waals surface area (Å²) in [5.74, 6) is -0.164. The van der Waals surface area contributed by atoms with Crippen LogP contribution < -0.4 is 16.2 Å². The lowest BCUT2D eigenvalue weighted by atomic mass is 10.2. The molecule has 2 aromatic rings. The molecular weight excluding hydrogens is 364 g/mol. The maximum Gasteiger partial charge on any atom is 0.252 e. The number of piperazine rings is 1. The third-order valence-corrected chi connectivity index (χ3v) is 5.06. The van der Waals surface area contributed by atoms with Crippen LogP contribution in [0.1, 0.15) is 22.3 Å². The molecule has 0 unspecified atom stereocenters. The van der Waals surface area contributed by atoms with Crippen molar-refractivity contribution in [3.8, 4) is 0 Å². The normalized spacial score (nSPS) is 14.9. The highest BCUT2D eigenvalue weighted by atomic mass is 35.5. The molecule has 1 aromatic carbocycles. The van der Waals surface area contributed by atoms with Crippen LogP contribution in [0.2, 0.25) is 5.02 Å². The average Bonchev–Trinajstić information content (AvgIpc) is 2.69. The molecule has 0 saturated carbocycles. The van der Waals surface area contributed by atoms with Crippen molar-refractivity contribution in [2.75, 3.05) is 39.3 Å². The smallest absolute Gasteiger partial charge is 0.252 e. The van der Waals surface area contributed by atoms with Gasteiger partial charge in [0, 0.05) is 50.0 Å². The summed E-state index contributed by atoms with van der Waals surface area (Å²) in [5, 5.41) is 6.87. The lowest BCUT2D eigenvalue weighted by Gasteiger charge is -2.27. The molecular formula is C20H25ClN4O2. The third kappa shape index (κ3) is 5.66. The molecule has 1 aliphatic heterocycles. The molecule has 1 saturated heterocycles. The molecule has 2 N–H and O–H groups in total. The van der Waals surface area contributed by atoms with Gasteiger partial charge in [-0.3, -0.25) is 9.59 Å². The highest BCUT2D eigenvalue weighted by Gasteiger charge is 2.11. The van der Waals surface area contributed by atoms with E-state index in [0.29, 0.717) is 23.7 Å². The van der Waals surface area contributed by atoms with Crippen LogP contribution in [0.15, 0.2) is 47.4 Å². The number of aromatic nitrogens is 1. The van der Waals surface area contributed by atoms with Crippen molar-refractivity contribution >= 4 is 17.5 Å². The van der Waals surface area contributed by atoms with Gasteiger partial charge in [0.25, 0.3) is 11.5 Å². The molecule has 144 valence electrons. The van der Waals surface area contributed by atoms with E-state index in [4.69, 9.17) is 11.6 Å². The first-order chi connectivity index (χ1) is 13.1. The predicted octanol–water partition coefficient (Wildman–Crippen LogP) is 1.58. The van der Waals surface area contributed by atoms with Gasteiger partial charge in [0.1, 0.15) is 0 Å². The minimum Gasteiger partial charge on any atom is -0.352 e. The van der Waals surface area contributed by atoms with Gasteiger partial charge in [-0.25, -0.2) is 0 Å². The minimum absolute atomic E-state index is 0.162. The van der Waals surface area contributed by atoms with Crippen LogP contribution in [-0.4, -0.2) is 54.6 Å². The number of nitrogens with one attached hydrogen (secondary N) is 2. The van der Waals surface area contributed by atoms with E-state index in [1.54, 1.807) is 18.3 Å². The zero-order valence-corrected chi connectivity index (χ0v) is 16.0. The van der Waals surface area contributed by atoms with Gasteiger partial charge in [0.05, 0.1) is 12.1 Å². The van der Waals surface area contributed by atoms with E-state index in [9.17, 15) is 9.59 Å². The Hall–Kier alpha value is -2.15. The summed E-state index contributed by atoms with van der Waals surface area (Å²) in [6.07, 6.45) is 2.50. The summed E-state index contributed by atoms with van der Waals surface area (Å²) in [5.41, 5.74) is 1.16. The van der Waals surface area contributed by atoms with Gasteiger partial charge in [0.15, 0.2) is 0 Å². The monoisotopic (exact) mass is 388 g/mol. The SMILES string of the molecule is O=C(NCCCN1CCNCC1)c1ccc(=O)n(Cc2ccccc2Cl)c1. The summed E-state index contributed by atoms with van der Waals surface area (Å²) in [7, 11) is 0. The molecule has 2 heterocycles. The molecule has 0 spiro atoms. The molecule has 1 aromatic heterocycles. The molecule has 3 rings (SSSR count). The lowest BCUT2D eigenvalue weighted by Crippen LogP contribution is -2.44. The van der Waals surface area contributed by atoms with Crippen molar-refractivity contribution in [2.24, 2.45) is 0 Å². The van der Waals surface area contributed by atoms with Crippen LogP contribution in [-0.2, 0) is 6.54 Å². The molecule has 0 bridgehead atoms. The Morgan fingerprint density at radius 2 is 1.93 bits per heavy atom. The van der Waals surface area contributed by atoms with Crippen molar-refractivity contribution in [1.29, 1.82) is 0 Å². The van der Waals surface area contributed by atoms with E-state index in [1.165, 1.54) is 10.6 Å². The fourth-order valence-corrected chi connectivity index (χ4v) is 3.34. The second-order valence-electron chi connectivity index (χ2n) is 6.68. The topological polar surface area (TPSA) is 66.4 Å². The fourth-order valence-electron chi connectivity index (χ4n) is 3.14. The second-order valence-corrected chi connectivity index (χ2v) is 7.08. The van der Waals surface area contributed by atoms with Gasteiger partial charge < -0.3 is 20.1 Å². The standard InChI is InChI=1S/C20H25ClN4O2/c21-18-5-2-1-4-16(18)14-25-15-17(6-7-19(25)26)20(27)23-8-3-11-24-12-9-22-10-13-24/h1-2,4-7,15,22H,3,8-14H2,(H,23,27).